The number of benzene rings is 1. The average molecular weight is 450 g/mol. The van der Waals surface area contributed by atoms with E-state index in [0.717, 1.165) is 17.2 Å². The number of halogens is 1. The number of piperazine rings is 1. The normalized spacial score (nSPS) is 17.6. The van der Waals surface area contributed by atoms with Gasteiger partial charge in [-0.15, -0.1) is 0 Å². The number of rotatable bonds is 4. The van der Waals surface area contributed by atoms with Crippen molar-refractivity contribution in [2.24, 2.45) is 0 Å². The molecule has 1 saturated heterocycles. The lowest BCUT2D eigenvalue weighted by atomic mass is 10.2. The number of pyridine rings is 1. The van der Waals surface area contributed by atoms with Crippen LogP contribution in [-0.4, -0.2) is 74.5 Å². The topological polar surface area (TPSA) is 51.7 Å². The Bertz CT molecular complexity index is 897. The molecule has 3 rings (SSSR count). The molecule has 0 aliphatic carbocycles. The van der Waals surface area contributed by atoms with Gasteiger partial charge in [0.2, 0.25) is 0 Å². The van der Waals surface area contributed by atoms with E-state index in [-0.39, 0.29) is 12.1 Å². The lowest BCUT2D eigenvalue weighted by molar-refractivity contribution is 0.184. The first kappa shape index (κ1) is 22.6. The minimum Gasteiger partial charge on any atom is -0.376 e. The summed E-state index contributed by atoms with van der Waals surface area (Å²) >= 11 is 6.48. The van der Waals surface area contributed by atoms with Gasteiger partial charge in [0.1, 0.15) is 5.82 Å². The van der Waals surface area contributed by atoms with Crippen molar-refractivity contribution in [1.29, 1.82) is 0 Å². The third kappa shape index (κ3) is 5.13. The maximum Gasteiger partial charge on any atom is 0.322 e. The zero-order valence-corrected chi connectivity index (χ0v) is 20.2. The number of nitrogens with zero attached hydrogens (tertiary/aromatic N) is 4. The van der Waals surface area contributed by atoms with E-state index < -0.39 is 10.0 Å². The monoisotopic (exact) mass is 449 g/mol. The van der Waals surface area contributed by atoms with E-state index in [9.17, 15) is 4.79 Å². The van der Waals surface area contributed by atoms with Crippen LogP contribution in [0.5, 0.6) is 0 Å². The number of nitrogens with one attached hydrogen (secondary N) is 1. The Morgan fingerprint density at radius 1 is 1.20 bits per heavy atom. The quantitative estimate of drug-likeness (QED) is 0.741. The Morgan fingerprint density at radius 3 is 2.40 bits per heavy atom. The Kier molecular flexibility index (Phi) is 6.72. The third-order valence-corrected chi connectivity index (χ3v) is 7.29. The van der Waals surface area contributed by atoms with Crippen LogP contribution < -0.4 is 15.1 Å². The summed E-state index contributed by atoms with van der Waals surface area (Å²) in [7, 11) is 3.16. The highest BCUT2D eigenvalue weighted by Crippen LogP contribution is 2.45. The van der Waals surface area contributed by atoms with E-state index in [1.807, 2.05) is 48.3 Å². The van der Waals surface area contributed by atoms with Crippen LogP contribution in [0.4, 0.5) is 22.0 Å². The Morgan fingerprint density at radius 2 is 1.87 bits per heavy atom. The van der Waals surface area contributed by atoms with Crippen LogP contribution in [0.1, 0.15) is 6.92 Å². The average Bonchev–Trinajstić information content (AvgIpc) is 2.67. The minimum absolute atomic E-state index is 0.0448. The molecule has 0 spiro atoms. The van der Waals surface area contributed by atoms with Crippen LogP contribution in [0, 0.1) is 0 Å². The lowest BCUT2D eigenvalue weighted by Gasteiger charge is -2.40. The standard InChI is InChI=1S/C22H32ClN5OS/c1-16-15-27(21-20(23)13-18(14-24-21)26(2)3)11-12-28(16)22(29)25-17-7-9-19(10-8-17)30(4,5)6/h7-10,13-14,16H,11-12,15H2,1-6H3,(H,25,29). The summed E-state index contributed by atoms with van der Waals surface area (Å²) < 4.78 is 0. The van der Waals surface area contributed by atoms with E-state index in [1.54, 1.807) is 0 Å². The van der Waals surface area contributed by atoms with E-state index in [2.05, 4.69) is 53.0 Å². The smallest absolute Gasteiger partial charge is 0.322 e. The molecule has 164 valence electrons. The molecule has 0 bridgehead atoms. The largest absolute Gasteiger partial charge is 0.376 e. The molecule has 1 N–H and O–H groups in total. The fourth-order valence-corrected chi connectivity index (χ4v) is 4.72. The van der Waals surface area contributed by atoms with Crippen molar-refractivity contribution in [3.8, 4) is 0 Å². The zero-order chi connectivity index (χ0) is 22.1. The van der Waals surface area contributed by atoms with Crippen LogP contribution >= 0.6 is 21.6 Å². The summed E-state index contributed by atoms with van der Waals surface area (Å²) in [6, 6.07) is 10.1. The summed E-state index contributed by atoms with van der Waals surface area (Å²) in [6.45, 7) is 4.05. The van der Waals surface area contributed by atoms with Crippen LogP contribution in [0.2, 0.25) is 5.02 Å². The van der Waals surface area contributed by atoms with Gasteiger partial charge in [0.05, 0.1) is 16.9 Å². The molecule has 1 aromatic carbocycles. The molecule has 1 aromatic heterocycles. The van der Waals surface area contributed by atoms with E-state index in [0.29, 0.717) is 24.7 Å². The van der Waals surface area contributed by atoms with Crippen molar-refractivity contribution < 1.29 is 4.79 Å². The number of hydrogen-bond donors (Lipinski definition) is 1. The molecule has 0 saturated carbocycles. The summed E-state index contributed by atoms with van der Waals surface area (Å²) in [5.41, 5.74) is 1.79. The maximum absolute atomic E-state index is 12.8. The second kappa shape index (κ2) is 8.94. The second-order valence-corrected chi connectivity index (χ2v) is 13.2. The zero-order valence-electron chi connectivity index (χ0n) is 18.6. The Labute approximate surface area is 186 Å². The van der Waals surface area contributed by atoms with Gasteiger partial charge in [-0.25, -0.2) is 19.8 Å². The van der Waals surface area contributed by atoms with Crippen molar-refractivity contribution in [2.45, 2.75) is 17.9 Å². The molecule has 0 radical (unpaired) electrons. The SMILES string of the molecule is CC1CN(c2ncc(N(C)C)cc2Cl)CCN1C(=O)Nc1ccc(S(C)(C)C)cc1. The fourth-order valence-electron chi connectivity index (χ4n) is 3.49. The van der Waals surface area contributed by atoms with Gasteiger partial charge in [0.15, 0.2) is 0 Å². The first-order valence-corrected chi connectivity index (χ1v) is 13.2. The lowest BCUT2D eigenvalue weighted by Crippen LogP contribution is -2.55. The molecule has 6 nitrogen and oxygen atoms in total. The fraction of sp³-hybridized carbons (Fsp3) is 0.455. The molecule has 1 fully saturated rings. The number of urea groups is 1. The molecular weight excluding hydrogens is 418 g/mol. The number of carbonyl (C=O) groups is 1. The van der Waals surface area contributed by atoms with E-state index in [1.165, 1.54) is 4.90 Å². The molecule has 2 aromatic rings. The molecule has 1 atom stereocenters. The van der Waals surface area contributed by atoms with Crippen LogP contribution in [0.15, 0.2) is 41.4 Å². The van der Waals surface area contributed by atoms with Gasteiger partial charge in [0, 0.05) is 45.5 Å². The minimum atomic E-state index is -0.769. The van der Waals surface area contributed by atoms with Crippen molar-refractivity contribution in [3.05, 3.63) is 41.6 Å². The van der Waals surface area contributed by atoms with Crippen LogP contribution in [0.25, 0.3) is 0 Å². The van der Waals surface area contributed by atoms with Gasteiger partial charge in [-0.1, -0.05) is 11.6 Å². The molecular formula is C22H32ClN5OS. The van der Waals surface area contributed by atoms with Crippen LogP contribution in [-0.2, 0) is 0 Å². The first-order chi connectivity index (χ1) is 14.1. The summed E-state index contributed by atoms with van der Waals surface area (Å²) in [6.07, 6.45) is 8.61. The van der Waals surface area contributed by atoms with E-state index in [4.69, 9.17) is 11.6 Å². The molecule has 8 heteroatoms. The number of aromatic nitrogens is 1. The molecule has 2 amide bonds. The van der Waals surface area contributed by atoms with Crippen LogP contribution in [0.3, 0.4) is 0 Å². The second-order valence-electron chi connectivity index (χ2n) is 8.67. The Balaban J connectivity index is 1.63. The van der Waals surface area contributed by atoms with Gasteiger partial charge in [-0.3, -0.25) is 0 Å². The highest BCUT2D eigenvalue weighted by atomic mass is 35.5. The molecule has 2 heterocycles. The third-order valence-electron chi connectivity index (χ3n) is 5.32. The summed E-state index contributed by atoms with van der Waals surface area (Å²) in [4.78, 5) is 24.7. The maximum atomic E-state index is 12.8. The van der Waals surface area contributed by atoms with Gasteiger partial charge < -0.3 is 20.0 Å². The molecule has 1 unspecified atom stereocenters. The predicted molar refractivity (Wildman–Crippen MR) is 131 cm³/mol. The van der Waals surface area contributed by atoms with Crippen molar-refractivity contribution in [2.75, 3.05) is 67.6 Å². The highest BCUT2D eigenvalue weighted by Gasteiger charge is 2.29. The van der Waals surface area contributed by atoms with Gasteiger partial charge in [-0.05, 0) is 60.9 Å². The number of amides is 2. The first-order valence-electron chi connectivity index (χ1n) is 10.00. The van der Waals surface area contributed by atoms with Crippen molar-refractivity contribution in [1.82, 2.24) is 9.88 Å². The van der Waals surface area contributed by atoms with Crippen molar-refractivity contribution >= 4 is 44.9 Å². The number of carbonyl (C=O) groups excluding carboxylic acids is 1. The summed E-state index contributed by atoms with van der Waals surface area (Å²) in [5, 5.41) is 3.67. The van der Waals surface area contributed by atoms with Crippen molar-refractivity contribution in [3.63, 3.8) is 0 Å². The highest BCUT2D eigenvalue weighted by molar-refractivity contribution is 8.32. The molecule has 30 heavy (non-hydrogen) atoms. The van der Waals surface area contributed by atoms with Gasteiger partial charge >= 0.3 is 6.03 Å². The number of hydrogen-bond acceptors (Lipinski definition) is 4. The van der Waals surface area contributed by atoms with E-state index >= 15 is 0 Å². The molecule has 1 aliphatic rings. The van der Waals surface area contributed by atoms with Gasteiger partial charge in [0.25, 0.3) is 0 Å². The Hall–Kier alpha value is -2.12. The number of anilines is 3. The van der Waals surface area contributed by atoms with Gasteiger partial charge in [-0.2, -0.15) is 0 Å². The predicted octanol–water partition coefficient (Wildman–Crippen LogP) is 4.60. The summed E-state index contributed by atoms with van der Waals surface area (Å²) in [5.74, 6) is 0.773. The molecule has 1 aliphatic heterocycles.